The van der Waals surface area contributed by atoms with Crippen molar-refractivity contribution in [2.45, 2.75) is 6.92 Å². The van der Waals surface area contributed by atoms with E-state index in [0.29, 0.717) is 15.6 Å². The molecule has 0 aliphatic carbocycles. The van der Waals surface area contributed by atoms with Crippen molar-refractivity contribution in [3.63, 3.8) is 0 Å². The van der Waals surface area contributed by atoms with Gasteiger partial charge in [-0.1, -0.05) is 29.8 Å². The van der Waals surface area contributed by atoms with Gasteiger partial charge in [0, 0.05) is 10.0 Å². The van der Waals surface area contributed by atoms with E-state index < -0.39 is 0 Å². The Morgan fingerprint density at radius 3 is 2.26 bits per heavy atom. The van der Waals surface area contributed by atoms with Crippen molar-refractivity contribution in [1.29, 1.82) is 0 Å². The van der Waals surface area contributed by atoms with Crippen LogP contribution in [-0.4, -0.2) is 16.9 Å². The van der Waals surface area contributed by atoms with Crippen molar-refractivity contribution < 1.29 is 9.59 Å². The number of nitrogens with one attached hydrogen (secondary N) is 3. The normalized spacial score (nSPS) is 9.83. The van der Waals surface area contributed by atoms with E-state index in [2.05, 4.69) is 32.1 Å². The van der Waals surface area contributed by atoms with Crippen molar-refractivity contribution in [3.8, 4) is 0 Å². The number of benzene rings is 2. The van der Waals surface area contributed by atoms with Gasteiger partial charge < -0.3 is 0 Å². The average Bonchev–Trinajstić information content (AvgIpc) is 2.53. The Balaban J connectivity index is 1.88. The predicted molar refractivity (Wildman–Crippen MR) is 96.0 cm³/mol. The highest BCUT2D eigenvalue weighted by Gasteiger charge is 2.11. The number of rotatable bonds is 2. The van der Waals surface area contributed by atoms with Crippen LogP contribution in [0.15, 0.2) is 53.0 Å². The minimum Gasteiger partial charge on any atom is -0.298 e. The number of hydrogen-bond acceptors (Lipinski definition) is 3. The SMILES string of the molecule is Cc1ccc(C(=O)NC(=S)NNC(=O)c2ccccc2Br)cc1. The maximum Gasteiger partial charge on any atom is 0.270 e. The van der Waals surface area contributed by atoms with Crippen LogP contribution in [0, 0.1) is 6.92 Å². The molecular formula is C16H14BrN3O2S. The molecule has 0 aromatic heterocycles. The van der Waals surface area contributed by atoms with Crippen molar-refractivity contribution in [3.05, 3.63) is 69.7 Å². The molecule has 5 nitrogen and oxygen atoms in total. The Morgan fingerprint density at radius 1 is 0.957 bits per heavy atom. The molecule has 3 N–H and O–H groups in total. The first-order valence-corrected chi connectivity index (χ1v) is 7.90. The molecule has 0 atom stereocenters. The first-order chi connectivity index (χ1) is 11.0. The summed E-state index contributed by atoms with van der Waals surface area (Å²) >= 11 is 8.28. The molecule has 0 aliphatic rings. The number of hydrazine groups is 1. The molecule has 7 heteroatoms. The van der Waals surface area contributed by atoms with Crippen LogP contribution in [0.5, 0.6) is 0 Å². The van der Waals surface area contributed by atoms with Gasteiger partial charge in [0.05, 0.1) is 5.56 Å². The van der Waals surface area contributed by atoms with Crippen LogP contribution in [-0.2, 0) is 0 Å². The Hall–Kier alpha value is -2.25. The molecule has 2 amide bonds. The highest BCUT2D eigenvalue weighted by molar-refractivity contribution is 9.10. The molecule has 23 heavy (non-hydrogen) atoms. The molecule has 2 aromatic rings. The molecular weight excluding hydrogens is 378 g/mol. The number of aryl methyl sites for hydroxylation is 1. The monoisotopic (exact) mass is 391 g/mol. The summed E-state index contributed by atoms with van der Waals surface area (Å²) in [5, 5.41) is 2.50. The van der Waals surface area contributed by atoms with Gasteiger partial charge in [-0.3, -0.25) is 25.8 Å². The van der Waals surface area contributed by atoms with E-state index in [9.17, 15) is 9.59 Å². The first kappa shape index (κ1) is 17.1. The third-order valence-electron chi connectivity index (χ3n) is 2.95. The smallest absolute Gasteiger partial charge is 0.270 e. The minimum absolute atomic E-state index is 0.0102. The number of carbonyl (C=O) groups is 2. The van der Waals surface area contributed by atoms with E-state index in [-0.39, 0.29) is 16.9 Å². The van der Waals surface area contributed by atoms with Gasteiger partial charge in [0.2, 0.25) is 0 Å². The van der Waals surface area contributed by atoms with Gasteiger partial charge in [-0.05, 0) is 59.3 Å². The summed E-state index contributed by atoms with van der Waals surface area (Å²) in [6.45, 7) is 1.94. The third-order valence-corrected chi connectivity index (χ3v) is 3.84. The molecule has 0 aliphatic heterocycles. The molecule has 2 rings (SSSR count). The molecule has 2 aromatic carbocycles. The van der Waals surface area contributed by atoms with E-state index in [1.54, 1.807) is 36.4 Å². The van der Waals surface area contributed by atoms with Crippen LogP contribution in [0.4, 0.5) is 0 Å². The molecule has 0 saturated carbocycles. The number of thiocarbonyl (C=S) groups is 1. The van der Waals surface area contributed by atoms with Crippen LogP contribution in [0.2, 0.25) is 0 Å². The molecule has 0 fully saturated rings. The second-order valence-corrected chi connectivity index (χ2v) is 5.97. The average molecular weight is 392 g/mol. The van der Waals surface area contributed by atoms with Crippen LogP contribution in [0.3, 0.4) is 0 Å². The van der Waals surface area contributed by atoms with E-state index >= 15 is 0 Å². The van der Waals surface area contributed by atoms with Gasteiger partial charge >= 0.3 is 0 Å². The standard InChI is InChI=1S/C16H14BrN3O2S/c1-10-6-8-11(9-7-10)14(21)18-16(23)20-19-15(22)12-4-2-3-5-13(12)17/h2-9H,1H3,(H,19,22)(H2,18,20,21,23). The summed E-state index contributed by atoms with van der Waals surface area (Å²) in [6.07, 6.45) is 0. The molecule has 118 valence electrons. The summed E-state index contributed by atoms with van der Waals surface area (Å²) in [5.74, 6) is -0.720. The zero-order valence-electron chi connectivity index (χ0n) is 12.2. The summed E-state index contributed by atoms with van der Waals surface area (Å²) in [4.78, 5) is 24.0. The lowest BCUT2D eigenvalue weighted by atomic mass is 10.1. The summed E-state index contributed by atoms with van der Waals surface area (Å²) in [5.41, 5.74) is 6.92. The van der Waals surface area contributed by atoms with Gasteiger partial charge in [0.15, 0.2) is 5.11 Å². The van der Waals surface area contributed by atoms with Crippen molar-refractivity contribution in [2.24, 2.45) is 0 Å². The van der Waals surface area contributed by atoms with E-state index in [4.69, 9.17) is 12.2 Å². The second kappa shape index (κ2) is 7.85. The van der Waals surface area contributed by atoms with Crippen molar-refractivity contribution >= 4 is 45.1 Å². The van der Waals surface area contributed by atoms with Gasteiger partial charge in [-0.25, -0.2) is 0 Å². The Morgan fingerprint density at radius 2 is 1.61 bits per heavy atom. The fraction of sp³-hybridized carbons (Fsp3) is 0.0625. The maximum atomic E-state index is 12.0. The quantitative estimate of drug-likeness (QED) is 0.543. The van der Waals surface area contributed by atoms with Crippen LogP contribution in [0.25, 0.3) is 0 Å². The Bertz CT molecular complexity index is 747. The van der Waals surface area contributed by atoms with Crippen LogP contribution < -0.4 is 16.2 Å². The fourth-order valence-corrected chi connectivity index (χ4v) is 2.35. The lowest BCUT2D eigenvalue weighted by Crippen LogP contribution is -2.48. The lowest BCUT2D eigenvalue weighted by Gasteiger charge is -2.11. The van der Waals surface area contributed by atoms with Gasteiger partial charge in [0.25, 0.3) is 11.8 Å². The number of halogens is 1. The molecule has 0 radical (unpaired) electrons. The van der Waals surface area contributed by atoms with Gasteiger partial charge in [-0.2, -0.15) is 0 Å². The molecule has 0 spiro atoms. The molecule has 0 bridgehead atoms. The maximum absolute atomic E-state index is 12.0. The largest absolute Gasteiger partial charge is 0.298 e. The van der Waals surface area contributed by atoms with Crippen LogP contribution >= 0.6 is 28.1 Å². The van der Waals surface area contributed by atoms with Gasteiger partial charge in [-0.15, -0.1) is 0 Å². The van der Waals surface area contributed by atoms with E-state index in [0.717, 1.165) is 5.56 Å². The Kier molecular flexibility index (Phi) is 5.84. The molecule has 0 heterocycles. The fourth-order valence-electron chi connectivity index (χ4n) is 1.74. The number of amides is 2. The zero-order chi connectivity index (χ0) is 16.8. The summed E-state index contributed by atoms with van der Waals surface area (Å²) in [6, 6.07) is 14.0. The van der Waals surface area contributed by atoms with Crippen LogP contribution in [0.1, 0.15) is 26.3 Å². The predicted octanol–water partition coefficient (Wildman–Crippen LogP) is 2.71. The Labute approximate surface area is 147 Å². The molecule has 0 saturated heterocycles. The lowest BCUT2D eigenvalue weighted by molar-refractivity contribution is 0.0934. The first-order valence-electron chi connectivity index (χ1n) is 6.70. The third kappa shape index (κ3) is 4.87. The number of hydrogen-bond donors (Lipinski definition) is 3. The van der Waals surface area contributed by atoms with E-state index in [1.165, 1.54) is 0 Å². The summed E-state index contributed by atoms with van der Waals surface area (Å²) in [7, 11) is 0. The topological polar surface area (TPSA) is 70.2 Å². The van der Waals surface area contributed by atoms with Crippen molar-refractivity contribution in [2.75, 3.05) is 0 Å². The minimum atomic E-state index is -0.371. The highest BCUT2D eigenvalue weighted by Crippen LogP contribution is 2.15. The van der Waals surface area contributed by atoms with Crippen molar-refractivity contribution in [1.82, 2.24) is 16.2 Å². The number of carbonyl (C=O) groups excluding carboxylic acids is 2. The zero-order valence-corrected chi connectivity index (χ0v) is 14.6. The van der Waals surface area contributed by atoms with Gasteiger partial charge in [0.1, 0.15) is 0 Å². The highest BCUT2D eigenvalue weighted by atomic mass is 79.9. The van der Waals surface area contributed by atoms with E-state index in [1.807, 2.05) is 19.1 Å². The molecule has 0 unspecified atom stereocenters. The second-order valence-electron chi connectivity index (χ2n) is 4.71. The summed E-state index contributed by atoms with van der Waals surface area (Å²) < 4.78 is 0.661.